The maximum Gasteiger partial charge on any atom is 0.332 e. The van der Waals surface area contributed by atoms with E-state index in [4.69, 9.17) is 80.1 Å². The van der Waals surface area contributed by atoms with Gasteiger partial charge in [-0.3, -0.25) is 4.57 Å². The summed E-state index contributed by atoms with van der Waals surface area (Å²) in [5.41, 5.74) is 0. The summed E-state index contributed by atoms with van der Waals surface area (Å²) in [5.74, 6) is 0. The minimum Gasteiger partial charge on any atom is -0.379 e. The molecule has 0 heterocycles. The third-order valence-corrected chi connectivity index (χ3v) is 8.46. The Morgan fingerprint density at radius 3 is 0.630 bits per heavy atom. The highest BCUT2D eigenvalue weighted by Crippen LogP contribution is 2.46. The van der Waals surface area contributed by atoms with Gasteiger partial charge in [0.05, 0.1) is 204 Å². The molecule has 0 aromatic heterocycles. The van der Waals surface area contributed by atoms with Crippen LogP contribution in [-0.2, 0) is 84.7 Å². The van der Waals surface area contributed by atoms with Crippen molar-refractivity contribution in [3.05, 3.63) is 0 Å². The molecule has 0 amide bonds. The first-order chi connectivity index (χ1) is 26.7. The molecule has 0 aromatic rings. The van der Waals surface area contributed by atoms with E-state index in [0.29, 0.717) is 198 Å². The van der Waals surface area contributed by atoms with Gasteiger partial charge in [0.15, 0.2) is 0 Å². The Morgan fingerprint density at radius 2 is 0.463 bits per heavy atom. The van der Waals surface area contributed by atoms with Gasteiger partial charge in [0.2, 0.25) is 0 Å². The van der Waals surface area contributed by atoms with Gasteiger partial charge in [-0.1, -0.05) is 0 Å². The van der Waals surface area contributed by atoms with Gasteiger partial charge < -0.3 is 80.1 Å². The second kappa shape index (κ2) is 46.9. The molecule has 1 atom stereocenters. The standard InChI is InChI=1S/C35H73O18P/c1-4-38-6-7-39-8-9-40-10-11-41-12-13-42-14-15-43-16-17-44-18-19-45-20-21-46-22-23-47-24-25-48-26-27-49-28-29-50-30-31-51-32-33-52-34-35-54(36,37-3)53-5-2/h4-35H2,1-3H3. The number of hydrogen-bond donors (Lipinski definition) is 0. The van der Waals surface area contributed by atoms with Gasteiger partial charge in [0.25, 0.3) is 0 Å². The molecular formula is C35H73O18P. The molecule has 0 saturated carbocycles. The molecular weight excluding hydrogens is 739 g/mol. The van der Waals surface area contributed by atoms with Crippen molar-refractivity contribution in [1.82, 2.24) is 0 Å². The van der Waals surface area contributed by atoms with E-state index in [0.717, 1.165) is 0 Å². The fourth-order valence-electron chi connectivity index (χ4n) is 3.80. The molecule has 0 rings (SSSR count). The van der Waals surface area contributed by atoms with E-state index in [1.165, 1.54) is 7.11 Å². The maximum absolute atomic E-state index is 12.1. The van der Waals surface area contributed by atoms with E-state index in [1.54, 1.807) is 6.92 Å². The lowest BCUT2D eigenvalue weighted by molar-refractivity contribution is -0.0299. The van der Waals surface area contributed by atoms with E-state index >= 15 is 0 Å². The van der Waals surface area contributed by atoms with Crippen LogP contribution in [0.4, 0.5) is 0 Å². The van der Waals surface area contributed by atoms with Crippen LogP contribution in [0.5, 0.6) is 0 Å². The SMILES string of the molecule is CCOCCOCCOCCOCCOCCOCCOCCOCCOCCOCCOCCOCCOCCOCCOCCP(=O)(OC)OCC. The van der Waals surface area contributed by atoms with Gasteiger partial charge >= 0.3 is 7.60 Å². The molecule has 0 aromatic carbocycles. The lowest BCUT2D eigenvalue weighted by Gasteiger charge is -2.15. The van der Waals surface area contributed by atoms with Gasteiger partial charge in [-0.25, -0.2) is 0 Å². The molecule has 0 fully saturated rings. The van der Waals surface area contributed by atoms with E-state index in [2.05, 4.69) is 0 Å². The zero-order valence-electron chi connectivity index (χ0n) is 33.4. The molecule has 0 saturated heterocycles. The monoisotopic (exact) mass is 812 g/mol. The van der Waals surface area contributed by atoms with Crippen molar-refractivity contribution in [1.29, 1.82) is 0 Å². The van der Waals surface area contributed by atoms with Crippen LogP contribution >= 0.6 is 7.60 Å². The molecule has 19 heteroatoms. The zero-order chi connectivity index (χ0) is 39.1. The van der Waals surface area contributed by atoms with Crippen LogP contribution in [0.15, 0.2) is 0 Å². The fourth-order valence-corrected chi connectivity index (χ4v) is 4.97. The first-order valence-electron chi connectivity index (χ1n) is 19.1. The van der Waals surface area contributed by atoms with Crippen molar-refractivity contribution >= 4 is 7.60 Å². The summed E-state index contributed by atoms with van der Waals surface area (Å²) in [6.07, 6.45) is 0.215. The minimum absolute atomic E-state index is 0.215. The third kappa shape index (κ3) is 44.3. The molecule has 326 valence electrons. The second-order valence-electron chi connectivity index (χ2n) is 10.7. The van der Waals surface area contributed by atoms with Crippen LogP contribution in [0.3, 0.4) is 0 Å². The summed E-state index contributed by atoms with van der Waals surface area (Å²) in [5, 5.41) is 0. The van der Waals surface area contributed by atoms with Gasteiger partial charge in [0, 0.05) is 13.7 Å². The Morgan fingerprint density at radius 1 is 0.278 bits per heavy atom. The van der Waals surface area contributed by atoms with Gasteiger partial charge in [-0.2, -0.15) is 0 Å². The van der Waals surface area contributed by atoms with Gasteiger partial charge in [-0.05, 0) is 13.8 Å². The first kappa shape index (κ1) is 53.6. The van der Waals surface area contributed by atoms with Crippen LogP contribution in [0, 0.1) is 0 Å². The predicted molar refractivity (Wildman–Crippen MR) is 199 cm³/mol. The average molecular weight is 813 g/mol. The molecule has 0 radical (unpaired) electrons. The number of ether oxygens (including phenoxy) is 15. The molecule has 0 N–H and O–H groups in total. The van der Waals surface area contributed by atoms with Gasteiger partial charge in [-0.15, -0.1) is 0 Å². The quantitative estimate of drug-likeness (QED) is 0.0645. The topological polar surface area (TPSA) is 174 Å². The van der Waals surface area contributed by atoms with Gasteiger partial charge in [0.1, 0.15) is 0 Å². The minimum atomic E-state index is -3.04. The summed E-state index contributed by atoms with van der Waals surface area (Å²) in [4.78, 5) is 0. The Bertz CT molecular complexity index is 744. The van der Waals surface area contributed by atoms with Crippen LogP contribution < -0.4 is 0 Å². The lowest BCUT2D eigenvalue weighted by atomic mass is 10.6. The molecule has 0 spiro atoms. The van der Waals surface area contributed by atoms with Crippen molar-refractivity contribution in [2.75, 3.05) is 218 Å². The van der Waals surface area contributed by atoms with Crippen molar-refractivity contribution in [2.24, 2.45) is 0 Å². The summed E-state index contributed by atoms with van der Waals surface area (Å²) in [6, 6.07) is 0. The van der Waals surface area contributed by atoms with Crippen molar-refractivity contribution in [2.45, 2.75) is 13.8 Å². The molecule has 0 aliphatic rings. The molecule has 0 aliphatic heterocycles. The Labute approximate surface area is 324 Å². The smallest absolute Gasteiger partial charge is 0.332 e. The highest BCUT2D eigenvalue weighted by molar-refractivity contribution is 7.53. The first-order valence-corrected chi connectivity index (χ1v) is 20.9. The van der Waals surface area contributed by atoms with Crippen molar-refractivity contribution in [3.63, 3.8) is 0 Å². The third-order valence-electron chi connectivity index (χ3n) is 6.53. The van der Waals surface area contributed by atoms with Crippen LogP contribution in [0.25, 0.3) is 0 Å². The predicted octanol–water partition coefficient (Wildman–Crippen LogP) is 2.13. The normalized spacial score (nSPS) is 12.9. The largest absolute Gasteiger partial charge is 0.379 e. The van der Waals surface area contributed by atoms with Crippen molar-refractivity contribution < 1.29 is 84.7 Å². The van der Waals surface area contributed by atoms with Crippen LogP contribution in [0.2, 0.25) is 0 Å². The van der Waals surface area contributed by atoms with E-state index in [9.17, 15) is 4.57 Å². The molecule has 54 heavy (non-hydrogen) atoms. The van der Waals surface area contributed by atoms with Crippen molar-refractivity contribution in [3.8, 4) is 0 Å². The zero-order valence-corrected chi connectivity index (χ0v) is 34.3. The van der Waals surface area contributed by atoms with Crippen LogP contribution in [0.1, 0.15) is 13.8 Å². The Kier molecular flexibility index (Phi) is 46.5. The number of rotatable bonds is 49. The summed E-state index contributed by atoms with van der Waals surface area (Å²) in [6.45, 7) is 19.0. The maximum atomic E-state index is 12.1. The highest BCUT2D eigenvalue weighted by atomic mass is 31.2. The summed E-state index contributed by atoms with van der Waals surface area (Å²) in [7, 11) is -1.66. The Hall–Kier alpha value is -0.450. The lowest BCUT2D eigenvalue weighted by Crippen LogP contribution is -2.15. The van der Waals surface area contributed by atoms with E-state index in [1.807, 2.05) is 6.92 Å². The number of hydrogen-bond acceptors (Lipinski definition) is 18. The van der Waals surface area contributed by atoms with E-state index in [-0.39, 0.29) is 12.8 Å². The molecule has 0 aliphatic carbocycles. The van der Waals surface area contributed by atoms with E-state index < -0.39 is 7.60 Å². The van der Waals surface area contributed by atoms with Crippen LogP contribution in [-0.4, -0.2) is 218 Å². The second-order valence-corrected chi connectivity index (χ2v) is 13.0. The summed E-state index contributed by atoms with van der Waals surface area (Å²) < 4.78 is 104. The molecule has 1 unspecified atom stereocenters. The average Bonchev–Trinajstić information content (AvgIpc) is 3.18. The summed E-state index contributed by atoms with van der Waals surface area (Å²) >= 11 is 0. The molecule has 18 nitrogen and oxygen atoms in total. The fraction of sp³-hybridized carbons (Fsp3) is 1.00. The molecule has 0 bridgehead atoms. The Balaban J connectivity index is 3.10. The highest BCUT2D eigenvalue weighted by Gasteiger charge is 2.21.